The third-order valence-electron chi connectivity index (χ3n) is 7.27. The van der Waals surface area contributed by atoms with E-state index in [1.54, 1.807) is 18.2 Å². The Bertz CT molecular complexity index is 1590. The van der Waals surface area contributed by atoms with E-state index >= 15 is 0 Å². The van der Waals surface area contributed by atoms with E-state index in [4.69, 9.17) is 20.8 Å². The highest BCUT2D eigenvalue weighted by Crippen LogP contribution is 2.24. The minimum absolute atomic E-state index is 0.00998. The number of benzene rings is 3. The maximum absolute atomic E-state index is 13.5. The quantitative estimate of drug-likeness (QED) is 0.126. The van der Waals surface area contributed by atoms with Crippen molar-refractivity contribution in [3.63, 3.8) is 0 Å². The van der Waals surface area contributed by atoms with Gasteiger partial charge < -0.3 is 25.1 Å². The number of Topliss-reactive ketones (excluding diaryl/α,β-unsaturated/α-hetero) is 1. The first-order valence-corrected chi connectivity index (χ1v) is 15.5. The van der Waals surface area contributed by atoms with Crippen molar-refractivity contribution in [2.24, 2.45) is 5.92 Å². The number of hydrogen-bond donors (Lipinski definition) is 3. The molecule has 3 aromatic carbocycles. The summed E-state index contributed by atoms with van der Waals surface area (Å²) in [5.74, 6) is -1.89. The number of amides is 3. The molecule has 0 spiro atoms. The van der Waals surface area contributed by atoms with Crippen LogP contribution >= 0.6 is 11.6 Å². The Morgan fingerprint density at radius 1 is 0.848 bits per heavy atom. The Morgan fingerprint density at radius 2 is 1.52 bits per heavy atom. The van der Waals surface area contributed by atoms with Crippen molar-refractivity contribution < 1.29 is 28.3 Å². The third-order valence-corrected chi connectivity index (χ3v) is 7.64. The highest BCUT2D eigenvalue weighted by molar-refractivity contribution is 6.31. The fraction of sp³-hybridized carbons (Fsp3) is 0.286. The van der Waals surface area contributed by atoms with Crippen LogP contribution < -0.4 is 16.0 Å². The first kappa shape index (κ1) is 33.9. The van der Waals surface area contributed by atoms with Gasteiger partial charge in [-0.2, -0.15) is 0 Å². The van der Waals surface area contributed by atoms with Crippen LogP contribution in [0.2, 0.25) is 5.02 Å². The van der Waals surface area contributed by atoms with Gasteiger partial charge >= 0.3 is 6.09 Å². The first-order chi connectivity index (χ1) is 22.3. The van der Waals surface area contributed by atoms with Crippen LogP contribution in [0.15, 0.2) is 95.6 Å². The Hall–Kier alpha value is -4.96. The molecule has 0 aliphatic carbocycles. The van der Waals surface area contributed by atoms with Gasteiger partial charge in [0.05, 0.1) is 5.92 Å². The van der Waals surface area contributed by atoms with Crippen LogP contribution in [0.4, 0.5) is 4.79 Å². The molecule has 10 nitrogen and oxygen atoms in total. The predicted molar refractivity (Wildman–Crippen MR) is 173 cm³/mol. The van der Waals surface area contributed by atoms with E-state index in [1.165, 1.54) is 0 Å². The van der Waals surface area contributed by atoms with Gasteiger partial charge in [-0.25, -0.2) is 9.78 Å². The van der Waals surface area contributed by atoms with Crippen LogP contribution in [0.1, 0.15) is 70.0 Å². The number of aromatic nitrogens is 1. The molecule has 0 radical (unpaired) electrons. The van der Waals surface area contributed by atoms with Crippen molar-refractivity contribution in [1.29, 1.82) is 0 Å². The van der Waals surface area contributed by atoms with Gasteiger partial charge in [-0.1, -0.05) is 97.4 Å². The number of carbonyl (C=O) groups is 4. The number of nitrogens with zero attached hydrogens (tertiary/aromatic N) is 1. The number of ketones is 1. The summed E-state index contributed by atoms with van der Waals surface area (Å²) in [5.41, 5.74) is 2.36. The summed E-state index contributed by atoms with van der Waals surface area (Å²) in [5, 5.41) is 8.86. The number of carbonyl (C=O) groups excluding carboxylic acids is 4. The summed E-state index contributed by atoms with van der Waals surface area (Å²) >= 11 is 6.16. The Labute approximate surface area is 272 Å². The van der Waals surface area contributed by atoms with E-state index in [0.29, 0.717) is 24.4 Å². The van der Waals surface area contributed by atoms with Gasteiger partial charge in [-0.15, -0.1) is 0 Å². The van der Waals surface area contributed by atoms with E-state index in [9.17, 15) is 19.2 Å². The second-order valence-corrected chi connectivity index (χ2v) is 11.3. The number of nitrogens with one attached hydrogen (secondary N) is 3. The predicted octanol–water partition coefficient (Wildman–Crippen LogP) is 6.07. The van der Waals surface area contributed by atoms with Gasteiger partial charge in [0.25, 0.3) is 11.8 Å². The van der Waals surface area contributed by atoms with Crippen molar-refractivity contribution in [3.8, 4) is 0 Å². The van der Waals surface area contributed by atoms with Gasteiger partial charge in [0.15, 0.2) is 5.69 Å². The fourth-order valence-electron chi connectivity index (χ4n) is 4.72. The van der Waals surface area contributed by atoms with Gasteiger partial charge in [0.1, 0.15) is 12.9 Å². The summed E-state index contributed by atoms with van der Waals surface area (Å²) in [6.07, 6.45) is 1.80. The molecule has 46 heavy (non-hydrogen) atoms. The van der Waals surface area contributed by atoms with Crippen LogP contribution in [0.3, 0.4) is 0 Å². The van der Waals surface area contributed by atoms with E-state index in [2.05, 4.69) is 20.9 Å². The number of halogens is 1. The molecule has 0 fully saturated rings. The van der Waals surface area contributed by atoms with Crippen LogP contribution in [0, 0.1) is 5.92 Å². The van der Waals surface area contributed by atoms with E-state index in [-0.39, 0.29) is 49.5 Å². The fourth-order valence-corrected chi connectivity index (χ4v) is 4.93. The lowest BCUT2D eigenvalue weighted by molar-refractivity contribution is -0.121. The number of oxazole rings is 1. The molecule has 3 N–H and O–H groups in total. The molecule has 2 unspecified atom stereocenters. The smallest absolute Gasteiger partial charge is 0.407 e. The first-order valence-electron chi connectivity index (χ1n) is 15.1. The molecule has 0 saturated heterocycles. The van der Waals surface area contributed by atoms with Gasteiger partial charge in [-0.05, 0) is 41.5 Å². The molecule has 2 atom stereocenters. The number of alkyl carbamates (subject to hydrolysis) is 1. The van der Waals surface area contributed by atoms with Crippen LogP contribution in [0.5, 0.6) is 0 Å². The second-order valence-electron chi connectivity index (χ2n) is 10.9. The summed E-state index contributed by atoms with van der Waals surface area (Å²) in [7, 11) is 0. The third kappa shape index (κ3) is 10.6. The van der Waals surface area contributed by atoms with Gasteiger partial charge in [0, 0.05) is 31.1 Å². The molecule has 3 amide bonds. The van der Waals surface area contributed by atoms with Crippen molar-refractivity contribution >= 4 is 35.3 Å². The average Bonchev–Trinajstić information content (AvgIpc) is 3.57. The summed E-state index contributed by atoms with van der Waals surface area (Å²) < 4.78 is 10.6. The van der Waals surface area contributed by atoms with Crippen molar-refractivity contribution in [2.75, 3.05) is 13.1 Å². The van der Waals surface area contributed by atoms with E-state index < -0.39 is 23.7 Å². The standard InChI is InChI=1S/C35H37ClN4O6/c1-24(16-18-38-35(44)46-22-25-10-4-2-5-11-25)20-31(41)37-19-17-28(26-12-6-3-7-13-26)32(42)34-40-30(23-45-34)33(43)39-21-27-14-8-9-15-29(27)36/h2-15,23-24,28H,16-22H2,1H3,(H,37,41)(H,38,44)(H,39,43). The summed E-state index contributed by atoms with van der Waals surface area (Å²) in [4.78, 5) is 54.9. The number of rotatable bonds is 16. The summed E-state index contributed by atoms with van der Waals surface area (Å²) in [6, 6.07) is 25.7. The highest BCUT2D eigenvalue weighted by Gasteiger charge is 2.27. The molecule has 0 saturated carbocycles. The molecule has 4 rings (SSSR count). The Balaban J connectivity index is 1.23. The maximum Gasteiger partial charge on any atom is 0.407 e. The Kier molecular flexibility index (Phi) is 12.9. The SMILES string of the molecule is CC(CCNC(=O)OCc1ccccc1)CC(=O)NCCC(C(=O)c1nc(C(=O)NCc2ccccc2Cl)co1)c1ccccc1. The minimum Gasteiger partial charge on any atom is -0.445 e. The largest absolute Gasteiger partial charge is 0.445 e. The topological polar surface area (TPSA) is 140 Å². The van der Waals surface area contributed by atoms with E-state index in [0.717, 1.165) is 23.0 Å². The highest BCUT2D eigenvalue weighted by atomic mass is 35.5. The average molecular weight is 645 g/mol. The molecule has 240 valence electrons. The monoisotopic (exact) mass is 644 g/mol. The molecule has 1 aromatic heterocycles. The van der Waals surface area contributed by atoms with Crippen molar-refractivity contribution in [1.82, 2.24) is 20.9 Å². The van der Waals surface area contributed by atoms with Gasteiger partial charge in [0.2, 0.25) is 11.7 Å². The van der Waals surface area contributed by atoms with Crippen molar-refractivity contribution in [2.45, 2.75) is 45.3 Å². The molecular formula is C35H37ClN4O6. The van der Waals surface area contributed by atoms with Crippen LogP contribution in [0.25, 0.3) is 0 Å². The van der Waals surface area contributed by atoms with Crippen LogP contribution in [-0.4, -0.2) is 41.8 Å². The molecule has 0 aliphatic heterocycles. The van der Waals surface area contributed by atoms with Crippen molar-refractivity contribution in [3.05, 3.63) is 124 Å². The lowest BCUT2D eigenvalue weighted by Crippen LogP contribution is -2.30. The lowest BCUT2D eigenvalue weighted by atomic mass is 9.91. The molecular weight excluding hydrogens is 608 g/mol. The van der Waals surface area contributed by atoms with Crippen LogP contribution in [-0.2, 0) is 22.7 Å². The maximum atomic E-state index is 13.5. The zero-order chi connectivity index (χ0) is 32.7. The lowest BCUT2D eigenvalue weighted by Gasteiger charge is -2.16. The molecule has 4 aromatic rings. The number of hydrogen-bond acceptors (Lipinski definition) is 7. The zero-order valence-corrected chi connectivity index (χ0v) is 26.3. The second kappa shape index (κ2) is 17.5. The molecule has 1 heterocycles. The van der Waals surface area contributed by atoms with Gasteiger partial charge in [-0.3, -0.25) is 14.4 Å². The minimum atomic E-state index is -0.650. The summed E-state index contributed by atoms with van der Waals surface area (Å²) in [6.45, 7) is 2.93. The zero-order valence-electron chi connectivity index (χ0n) is 25.5. The molecule has 0 bridgehead atoms. The Morgan fingerprint density at radius 3 is 2.26 bits per heavy atom. The molecule has 11 heteroatoms. The van der Waals surface area contributed by atoms with E-state index in [1.807, 2.05) is 73.7 Å². The normalized spacial score (nSPS) is 12.0. The number of ether oxygens (including phenoxy) is 1. The molecule has 0 aliphatic rings.